The monoisotopic (exact) mass is 170 g/mol. The van der Waals surface area contributed by atoms with Crippen molar-refractivity contribution in [1.82, 2.24) is 4.90 Å². The van der Waals surface area contributed by atoms with Crippen LogP contribution in [0.1, 0.15) is 26.7 Å². The van der Waals surface area contributed by atoms with Gasteiger partial charge in [-0.05, 0) is 32.6 Å². The van der Waals surface area contributed by atoms with Crippen LogP contribution in [0.2, 0.25) is 0 Å². The number of amides is 1. The van der Waals surface area contributed by atoms with Crippen molar-refractivity contribution in [3.8, 4) is 0 Å². The average Bonchev–Trinajstić information content (AvgIpc) is 2.81. The van der Waals surface area contributed by atoms with E-state index in [-0.39, 0.29) is 12.5 Å². The zero-order valence-corrected chi connectivity index (χ0v) is 7.92. The fourth-order valence-corrected chi connectivity index (χ4v) is 1.30. The van der Waals surface area contributed by atoms with Gasteiger partial charge in [0.15, 0.2) is 0 Å². The number of hydrogen-bond donors (Lipinski definition) is 1. The van der Waals surface area contributed by atoms with E-state index in [1.165, 1.54) is 12.8 Å². The molecule has 1 aliphatic carbocycles. The summed E-state index contributed by atoms with van der Waals surface area (Å²) < 4.78 is 0. The summed E-state index contributed by atoms with van der Waals surface area (Å²) in [4.78, 5) is 13.2. The fourth-order valence-electron chi connectivity index (χ4n) is 1.30. The van der Waals surface area contributed by atoms with Crippen LogP contribution in [0.25, 0.3) is 0 Å². The largest absolute Gasteiger partial charge is 0.339 e. The molecule has 1 amide bonds. The summed E-state index contributed by atoms with van der Waals surface area (Å²) >= 11 is 0. The van der Waals surface area contributed by atoms with E-state index in [0.29, 0.717) is 6.04 Å². The van der Waals surface area contributed by atoms with Crippen molar-refractivity contribution in [1.29, 1.82) is 0 Å². The first-order valence-corrected chi connectivity index (χ1v) is 4.64. The second-order valence-electron chi connectivity index (χ2n) is 3.79. The van der Waals surface area contributed by atoms with Crippen LogP contribution in [0.5, 0.6) is 0 Å². The van der Waals surface area contributed by atoms with Crippen molar-refractivity contribution in [3.63, 3.8) is 0 Å². The molecular formula is C9H18N2O. The maximum atomic E-state index is 11.3. The number of carbonyl (C=O) groups is 1. The van der Waals surface area contributed by atoms with Crippen molar-refractivity contribution in [2.45, 2.75) is 32.7 Å². The molecule has 12 heavy (non-hydrogen) atoms. The highest BCUT2D eigenvalue weighted by molar-refractivity contribution is 5.78. The lowest BCUT2D eigenvalue weighted by atomic mass is 10.2. The van der Waals surface area contributed by atoms with Crippen LogP contribution in [-0.4, -0.2) is 29.9 Å². The number of rotatable bonds is 4. The molecule has 0 aromatic heterocycles. The van der Waals surface area contributed by atoms with Gasteiger partial charge in [0.25, 0.3) is 0 Å². The summed E-state index contributed by atoms with van der Waals surface area (Å²) in [5.41, 5.74) is 5.32. The van der Waals surface area contributed by atoms with Gasteiger partial charge in [0.2, 0.25) is 5.91 Å². The van der Waals surface area contributed by atoms with Gasteiger partial charge < -0.3 is 10.6 Å². The summed E-state index contributed by atoms with van der Waals surface area (Å²) in [5.74, 6) is 0.833. The quantitative estimate of drug-likeness (QED) is 0.671. The van der Waals surface area contributed by atoms with Gasteiger partial charge in [-0.3, -0.25) is 4.79 Å². The second kappa shape index (κ2) is 3.90. The molecule has 1 aliphatic rings. The predicted molar refractivity (Wildman–Crippen MR) is 48.6 cm³/mol. The molecule has 1 rings (SSSR count). The average molecular weight is 170 g/mol. The van der Waals surface area contributed by atoms with Gasteiger partial charge in [-0.15, -0.1) is 0 Å². The third-order valence-corrected chi connectivity index (χ3v) is 2.27. The number of nitrogens with two attached hydrogens (primary N) is 1. The Morgan fingerprint density at radius 3 is 2.50 bits per heavy atom. The topological polar surface area (TPSA) is 46.3 Å². The molecule has 1 saturated carbocycles. The highest BCUT2D eigenvalue weighted by atomic mass is 16.2. The smallest absolute Gasteiger partial charge is 0.236 e. The number of hydrogen-bond acceptors (Lipinski definition) is 2. The molecule has 0 aromatic carbocycles. The van der Waals surface area contributed by atoms with Gasteiger partial charge in [0, 0.05) is 12.6 Å². The SMILES string of the molecule is CC(C)N(CC1CC1)C(=O)CN. The minimum atomic E-state index is 0.0805. The van der Waals surface area contributed by atoms with Gasteiger partial charge in [-0.1, -0.05) is 0 Å². The summed E-state index contributed by atoms with van der Waals surface area (Å²) in [6.07, 6.45) is 2.56. The minimum Gasteiger partial charge on any atom is -0.339 e. The van der Waals surface area contributed by atoms with Gasteiger partial charge in [0.05, 0.1) is 6.54 Å². The molecule has 0 atom stereocenters. The van der Waals surface area contributed by atoms with Crippen molar-refractivity contribution in [2.24, 2.45) is 11.7 Å². The molecule has 2 N–H and O–H groups in total. The van der Waals surface area contributed by atoms with Crippen LogP contribution in [0.15, 0.2) is 0 Å². The molecule has 0 heterocycles. The van der Waals surface area contributed by atoms with E-state index in [4.69, 9.17) is 5.73 Å². The number of nitrogens with zero attached hydrogens (tertiary/aromatic N) is 1. The second-order valence-corrected chi connectivity index (χ2v) is 3.79. The van der Waals surface area contributed by atoms with Crippen molar-refractivity contribution < 1.29 is 4.79 Å². The molecule has 0 aliphatic heterocycles. The van der Waals surface area contributed by atoms with E-state index in [2.05, 4.69) is 0 Å². The lowest BCUT2D eigenvalue weighted by Crippen LogP contribution is -2.42. The molecule has 0 unspecified atom stereocenters. The predicted octanol–water partition coefficient (Wildman–Crippen LogP) is 0.592. The maximum absolute atomic E-state index is 11.3. The summed E-state index contributed by atoms with van der Waals surface area (Å²) in [6, 6.07) is 0.293. The van der Waals surface area contributed by atoms with E-state index in [1.54, 1.807) is 0 Å². The Hall–Kier alpha value is -0.570. The lowest BCUT2D eigenvalue weighted by Gasteiger charge is -2.26. The molecule has 3 heteroatoms. The standard InChI is InChI=1S/C9H18N2O/c1-7(2)11(9(12)5-10)6-8-3-4-8/h7-8H,3-6,10H2,1-2H3. The third-order valence-electron chi connectivity index (χ3n) is 2.27. The van der Waals surface area contributed by atoms with Crippen LogP contribution in [-0.2, 0) is 4.79 Å². The number of carbonyl (C=O) groups excluding carboxylic acids is 1. The van der Waals surface area contributed by atoms with Gasteiger partial charge in [-0.25, -0.2) is 0 Å². The maximum Gasteiger partial charge on any atom is 0.236 e. The lowest BCUT2D eigenvalue weighted by molar-refractivity contribution is -0.131. The van der Waals surface area contributed by atoms with Crippen LogP contribution < -0.4 is 5.73 Å². The first-order valence-electron chi connectivity index (χ1n) is 4.64. The van der Waals surface area contributed by atoms with Gasteiger partial charge >= 0.3 is 0 Å². The third kappa shape index (κ3) is 2.48. The van der Waals surface area contributed by atoms with E-state index in [9.17, 15) is 4.79 Å². The Labute approximate surface area is 73.9 Å². The van der Waals surface area contributed by atoms with Crippen molar-refractivity contribution in [2.75, 3.05) is 13.1 Å². The Morgan fingerprint density at radius 2 is 2.17 bits per heavy atom. The van der Waals surface area contributed by atoms with Crippen molar-refractivity contribution >= 4 is 5.91 Å². The molecule has 70 valence electrons. The molecule has 0 radical (unpaired) electrons. The van der Waals surface area contributed by atoms with E-state index >= 15 is 0 Å². The van der Waals surface area contributed by atoms with Crippen LogP contribution >= 0.6 is 0 Å². The Morgan fingerprint density at radius 1 is 1.58 bits per heavy atom. The first-order chi connectivity index (χ1) is 5.65. The summed E-state index contributed by atoms with van der Waals surface area (Å²) in [7, 11) is 0. The summed E-state index contributed by atoms with van der Waals surface area (Å²) in [5, 5.41) is 0. The molecule has 3 nitrogen and oxygen atoms in total. The molecule has 0 saturated heterocycles. The molecule has 0 bridgehead atoms. The Bertz CT molecular complexity index is 164. The Kier molecular flexibility index (Phi) is 3.09. The summed E-state index contributed by atoms with van der Waals surface area (Å²) in [6.45, 7) is 5.13. The van der Waals surface area contributed by atoms with Crippen LogP contribution in [0.3, 0.4) is 0 Å². The van der Waals surface area contributed by atoms with E-state index in [1.807, 2.05) is 18.7 Å². The highest BCUT2D eigenvalue weighted by Gasteiger charge is 2.27. The normalized spacial score (nSPS) is 16.7. The molecular weight excluding hydrogens is 152 g/mol. The molecule has 1 fully saturated rings. The van der Waals surface area contributed by atoms with E-state index in [0.717, 1.165) is 12.5 Å². The van der Waals surface area contributed by atoms with Crippen LogP contribution in [0.4, 0.5) is 0 Å². The molecule has 0 spiro atoms. The van der Waals surface area contributed by atoms with Crippen LogP contribution in [0, 0.1) is 5.92 Å². The zero-order valence-electron chi connectivity index (χ0n) is 7.92. The van der Waals surface area contributed by atoms with Crippen molar-refractivity contribution in [3.05, 3.63) is 0 Å². The minimum absolute atomic E-state index is 0.0805. The highest BCUT2D eigenvalue weighted by Crippen LogP contribution is 2.30. The fraction of sp³-hybridized carbons (Fsp3) is 0.889. The first kappa shape index (κ1) is 9.52. The van der Waals surface area contributed by atoms with Gasteiger partial charge in [-0.2, -0.15) is 0 Å². The zero-order chi connectivity index (χ0) is 9.14. The van der Waals surface area contributed by atoms with Gasteiger partial charge in [0.1, 0.15) is 0 Å². The molecule has 0 aromatic rings. The van der Waals surface area contributed by atoms with E-state index < -0.39 is 0 Å². The Balaban J connectivity index is 2.41.